The van der Waals surface area contributed by atoms with Crippen LogP contribution in [0.4, 0.5) is 0 Å². The van der Waals surface area contributed by atoms with Gasteiger partial charge in [0.2, 0.25) is 0 Å². The largest absolute Gasteiger partial charge is 0.492 e. The minimum atomic E-state index is 0.663. The van der Waals surface area contributed by atoms with Crippen LogP contribution < -0.4 is 4.74 Å². The lowest BCUT2D eigenvalue weighted by molar-refractivity contribution is 0.112. The topological polar surface area (TPSA) is 26.3 Å². The number of ether oxygens (including phenoxy) is 1. The molecule has 0 bridgehead atoms. The van der Waals surface area contributed by atoms with Gasteiger partial charge in [0.15, 0.2) is 0 Å². The van der Waals surface area contributed by atoms with Crippen LogP contribution in [-0.4, -0.2) is 12.9 Å². The van der Waals surface area contributed by atoms with E-state index in [2.05, 4.69) is 22.9 Å². The van der Waals surface area contributed by atoms with E-state index in [9.17, 15) is 4.79 Å². The van der Waals surface area contributed by atoms with E-state index < -0.39 is 0 Å². The maximum atomic E-state index is 10.6. The van der Waals surface area contributed by atoms with E-state index in [1.165, 1.54) is 12.8 Å². The van der Waals surface area contributed by atoms with Crippen molar-refractivity contribution in [1.82, 2.24) is 0 Å². The average Bonchev–Trinajstić information content (AvgIpc) is 2.24. The van der Waals surface area contributed by atoms with Crippen molar-refractivity contribution in [3.8, 4) is 5.75 Å². The van der Waals surface area contributed by atoms with Gasteiger partial charge in [0.1, 0.15) is 12.0 Å². The summed E-state index contributed by atoms with van der Waals surface area (Å²) >= 11 is 3.41. The molecule has 1 fully saturated rings. The van der Waals surface area contributed by atoms with Gasteiger partial charge in [-0.3, -0.25) is 4.79 Å². The number of halogens is 1. The van der Waals surface area contributed by atoms with Gasteiger partial charge in [0.05, 0.1) is 11.1 Å². The van der Waals surface area contributed by atoms with E-state index in [1.807, 2.05) is 6.07 Å². The number of hydrogen-bond acceptors (Lipinski definition) is 2. The van der Waals surface area contributed by atoms with Crippen molar-refractivity contribution in [2.75, 3.05) is 6.61 Å². The molecule has 1 saturated carbocycles. The molecule has 0 heterocycles. The monoisotopic (exact) mass is 282 g/mol. The average molecular weight is 283 g/mol. The lowest BCUT2D eigenvalue weighted by Crippen LogP contribution is -2.26. The van der Waals surface area contributed by atoms with Gasteiger partial charge >= 0.3 is 0 Å². The van der Waals surface area contributed by atoms with Crippen LogP contribution in [0.3, 0.4) is 0 Å². The quantitative estimate of drug-likeness (QED) is 0.788. The van der Waals surface area contributed by atoms with Crippen molar-refractivity contribution in [3.05, 3.63) is 28.2 Å². The van der Waals surface area contributed by atoms with Crippen LogP contribution in [0.2, 0.25) is 0 Å². The SMILES string of the molecule is CC1CC(COc2ccc(C=O)cc2Br)C1. The number of carbonyl (C=O) groups excluding carboxylic acids is 1. The van der Waals surface area contributed by atoms with E-state index in [-0.39, 0.29) is 0 Å². The molecule has 86 valence electrons. The van der Waals surface area contributed by atoms with E-state index in [0.29, 0.717) is 11.5 Å². The molecule has 16 heavy (non-hydrogen) atoms. The van der Waals surface area contributed by atoms with Crippen LogP contribution in [0.1, 0.15) is 30.1 Å². The molecule has 0 amide bonds. The second-order valence-electron chi connectivity index (χ2n) is 4.56. The smallest absolute Gasteiger partial charge is 0.150 e. The van der Waals surface area contributed by atoms with Crippen molar-refractivity contribution in [2.45, 2.75) is 19.8 Å². The van der Waals surface area contributed by atoms with Gasteiger partial charge in [-0.2, -0.15) is 0 Å². The van der Waals surface area contributed by atoms with Crippen LogP contribution in [-0.2, 0) is 0 Å². The predicted molar refractivity (Wildman–Crippen MR) is 66.9 cm³/mol. The third-order valence-corrected chi connectivity index (χ3v) is 3.66. The molecule has 0 saturated heterocycles. The Morgan fingerprint density at radius 1 is 1.50 bits per heavy atom. The Bertz CT molecular complexity index is 384. The fraction of sp³-hybridized carbons (Fsp3) is 0.462. The molecule has 1 aromatic rings. The lowest BCUT2D eigenvalue weighted by Gasteiger charge is -2.32. The number of aldehydes is 1. The third kappa shape index (κ3) is 2.64. The highest BCUT2D eigenvalue weighted by molar-refractivity contribution is 9.10. The molecular formula is C13H15BrO2. The first kappa shape index (κ1) is 11.6. The van der Waals surface area contributed by atoms with Crippen molar-refractivity contribution < 1.29 is 9.53 Å². The zero-order valence-corrected chi connectivity index (χ0v) is 10.9. The van der Waals surface area contributed by atoms with Crippen LogP contribution in [0, 0.1) is 11.8 Å². The molecule has 0 unspecified atom stereocenters. The summed E-state index contributed by atoms with van der Waals surface area (Å²) in [6, 6.07) is 5.40. The van der Waals surface area contributed by atoms with E-state index in [0.717, 1.165) is 29.0 Å². The van der Waals surface area contributed by atoms with Gasteiger partial charge in [-0.1, -0.05) is 6.92 Å². The third-order valence-electron chi connectivity index (χ3n) is 3.04. The molecule has 2 nitrogen and oxygen atoms in total. The Balaban J connectivity index is 1.91. The van der Waals surface area contributed by atoms with E-state index in [1.54, 1.807) is 12.1 Å². The first-order valence-electron chi connectivity index (χ1n) is 5.56. The Morgan fingerprint density at radius 3 is 2.81 bits per heavy atom. The molecule has 0 atom stereocenters. The maximum Gasteiger partial charge on any atom is 0.150 e. The van der Waals surface area contributed by atoms with Gasteiger partial charge in [-0.15, -0.1) is 0 Å². The molecule has 1 aromatic carbocycles. The van der Waals surface area contributed by atoms with Crippen LogP contribution >= 0.6 is 15.9 Å². The molecule has 0 radical (unpaired) electrons. The molecular weight excluding hydrogens is 268 g/mol. The predicted octanol–water partition coefficient (Wildman–Crippen LogP) is 3.69. The second-order valence-corrected chi connectivity index (χ2v) is 5.42. The van der Waals surface area contributed by atoms with Crippen molar-refractivity contribution in [2.24, 2.45) is 11.8 Å². The Hall–Kier alpha value is -0.830. The Labute approximate surface area is 104 Å². The molecule has 0 N–H and O–H groups in total. The highest BCUT2D eigenvalue weighted by Gasteiger charge is 2.25. The normalized spacial score (nSPS) is 23.6. The molecule has 0 spiro atoms. The van der Waals surface area contributed by atoms with Crippen molar-refractivity contribution >= 4 is 22.2 Å². The summed E-state index contributed by atoms with van der Waals surface area (Å²) in [6.45, 7) is 3.05. The standard InChI is InChI=1S/C13H15BrO2/c1-9-4-11(5-9)8-16-13-3-2-10(7-15)6-12(13)14/h2-3,6-7,9,11H,4-5,8H2,1H3. The molecule has 0 aliphatic heterocycles. The van der Waals surface area contributed by atoms with E-state index >= 15 is 0 Å². The fourth-order valence-corrected chi connectivity index (χ4v) is 2.63. The van der Waals surface area contributed by atoms with Crippen molar-refractivity contribution in [3.63, 3.8) is 0 Å². The zero-order chi connectivity index (χ0) is 11.5. The fourth-order valence-electron chi connectivity index (χ4n) is 2.12. The van der Waals surface area contributed by atoms with Gasteiger partial charge < -0.3 is 4.74 Å². The van der Waals surface area contributed by atoms with Crippen LogP contribution in [0.15, 0.2) is 22.7 Å². The summed E-state index contributed by atoms with van der Waals surface area (Å²) in [5.41, 5.74) is 0.663. The van der Waals surface area contributed by atoms with E-state index in [4.69, 9.17) is 4.74 Å². The molecule has 2 rings (SSSR count). The molecule has 1 aliphatic rings. The maximum absolute atomic E-state index is 10.6. The summed E-state index contributed by atoms with van der Waals surface area (Å²) in [5, 5.41) is 0. The number of hydrogen-bond donors (Lipinski definition) is 0. The molecule has 1 aliphatic carbocycles. The van der Waals surface area contributed by atoms with Gasteiger partial charge in [0.25, 0.3) is 0 Å². The van der Waals surface area contributed by atoms with Crippen LogP contribution in [0.5, 0.6) is 5.75 Å². The highest BCUT2D eigenvalue weighted by atomic mass is 79.9. The summed E-state index contributed by atoms with van der Waals surface area (Å²) in [4.78, 5) is 10.6. The Kier molecular flexibility index (Phi) is 3.64. The lowest BCUT2D eigenvalue weighted by atomic mass is 9.77. The van der Waals surface area contributed by atoms with Crippen molar-refractivity contribution in [1.29, 1.82) is 0 Å². The minimum Gasteiger partial charge on any atom is -0.492 e. The van der Waals surface area contributed by atoms with Gasteiger partial charge in [-0.05, 0) is 58.8 Å². The Morgan fingerprint density at radius 2 is 2.25 bits per heavy atom. The summed E-state index contributed by atoms with van der Waals surface area (Å²) in [7, 11) is 0. The van der Waals surface area contributed by atoms with Crippen LogP contribution in [0.25, 0.3) is 0 Å². The van der Waals surface area contributed by atoms with Gasteiger partial charge in [0, 0.05) is 5.56 Å². The number of carbonyl (C=O) groups is 1. The molecule has 0 aromatic heterocycles. The second kappa shape index (κ2) is 5.00. The first-order valence-corrected chi connectivity index (χ1v) is 6.36. The zero-order valence-electron chi connectivity index (χ0n) is 9.28. The summed E-state index contributed by atoms with van der Waals surface area (Å²) < 4.78 is 6.58. The summed E-state index contributed by atoms with van der Waals surface area (Å²) in [6.07, 6.45) is 3.37. The number of rotatable bonds is 4. The highest BCUT2D eigenvalue weighted by Crippen LogP contribution is 2.34. The summed E-state index contributed by atoms with van der Waals surface area (Å²) in [5.74, 6) is 2.38. The minimum absolute atomic E-state index is 0.663. The van der Waals surface area contributed by atoms with Gasteiger partial charge in [-0.25, -0.2) is 0 Å². The first-order chi connectivity index (χ1) is 7.69. The molecule has 3 heteroatoms. The number of benzene rings is 1.